The number of hydrogen-bond acceptors (Lipinski definition) is 2. The maximum Gasteiger partial charge on any atom is 0.0542 e. The number of aryl methyl sites for hydroxylation is 1. The van der Waals surface area contributed by atoms with Crippen molar-refractivity contribution < 1.29 is 0 Å². The molecule has 0 N–H and O–H groups in total. The first-order valence-corrected chi connectivity index (χ1v) is 14.0. The van der Waals surface area contributed by atoms with Crippen LogP contribution in [0.25, 0.3) is 29.6 Å². The highest BCUT2D eigenvalue weighted by Crippen LogP contribution is 2.44. The van der Waals surface area contributed by atoms with Crippen LogP contribution in [0.2, 0.25) is 0 Å². The van der Waals surface area contributed by atoms with E-state index in [1.165, 1.54) is 111 Å². The fourth-order valence-corrected chi connectivity index (χ4v) is 7.36. The molecule has 0 atom stereocenters. The summed E-state index contributed by atoms with van der Waals surface area (Å²) < 4.78 is 5.84. The third-order valence-electron chi connectivity index (χ3n) is 5.90. The number of rotatable bonds is 12. The van der Waals surface area contributed by atoms with Gasteiger partial charge in [0.25, 0.3) is 0 Å². The molecule has 2 heterocycles. The van der Waals surface area contributed by atoms with Gasteiger partial charge in [-0.3, -0.25) is 0 Å². The highest BCUT2D eigenvalue weighted by Gasteiger charge is 2.11. The summed E-state index contributed by atoms with van der Waals surface area (Å²) >= 11 is 7.44. The number of fused-ring (bicyclic) bond motifs is 5. The van der Waals surface area contributed by atoms with Crippen molar-refractivity contribution in [1.82, 2.24) is 0 Å². The Balaban J connectivity index is 1.23. The molecule has 0 saturated heterocycles. The van der Waals surface area contributed by atoms with Gasteiger partial charge in [0.2, 0.25) is 0 Å². The van der Waals surface area contributed by atoms with Gasteiger partial charge in [-0.15, -0.1) is 22.7 Å². The van der Waals surface area contributed by atoms with Gasteiger partial charge < -0.3 is 0 Å². The number of alkyl halides is 1. The third-order valence-corrected chi connectivity index (χ3v) is 8.98. The maximum absolute atomic E-state index is 3.51. The zero-order valence-electron chi connectivity index (χ0n) is 17.2. The monoisotopic (exact) mass is 486 g/mol. The predicted molar refractivity (Wildman–Crippen MR) is 138 cm³/mol. The second kappa shape index (κ2) is 10.9. The van der Waals surface area contributed by atoms with Crippen molar-refractivity contribution in [3.63, 3.8) is 0 Å². The van der Waals surface area contributed by atoms with E-state index < -0.39 is 0 Å². The molecular formula is C26H31BrS2. The average Bonchev–Trinajstić information content (AvgIpc) is 3.27. The minimum atomic E-state index is 1.17. The molecule has 2 aromatic heterocycles. The smallest absolute Gasteiger partial charge is 0.0542 e. The van der Waals surface area contributed by atoms with Crippen molar-refractivity contribution in [1.29, 1.82) is 0 Å². The van der Waals surface area contributed by atoms with E-state index in [1.807, 2.05) is 22.7 Å². The van der Waals surface area contributed by atoms with Crippen LogP contribution < -0.4 is 0 Å². The lowest BCUT2D eigenvalue weighted by atomic mass is 10.0. The highest BCUT2D eigenvalue weighted by atomic mass is 79.9. The van der Waals surface area contributed by atoms with Gasteiger partial charge in [0.15, 0.2) is 0 Å². The molecule has 0 spiro atoms. The number of unbranched alkanes of at least 4 members (excludes halogenated alkanes) is 9. The number of benzene rings is 2. The van der Waals surface area contributed by atoms with Crippen LogP contribution in [0.1, 0.15) is 69.8 Å². The summed E-state index contributed by atoms with van der Waals surface area (Å²) in [6.45, 7) is 0. The van der Waals surface area contributed by atoms with Gasteiger partial charge in [0.1, 0.15) is 0 Å². The number of halogens is 1. The minimum absolute atomic E-state index is 1.17. The van der Waals surface area contributed by atoms with Crippen LogP contribution in [0.4, 0.5) is 0 Å². The largest absolute Gasteiger partial charge is 0.134 e. The molecule has 0 aliphatic carbocycles. The second-order valence-corrected chi connectivity index (χ2v) is 11.1. The van der Waals surface area contributed by atoms with E-state index in [9.17, 15) is 0 Å². The average molecular weight is 488 g/mol. The van der Waals surface area contributed by atoms with Crippen molar-refractivity contribution >= 4 is 68.2 Å². The van der Waals surface area contributed by atoms with Crippen LogP contribution in [0.15, 0.2) is 42.5 Å². The Bertz CT molecular complexity index is 1040. The Morgan fingerprint density at radius 3 is 1.90 bits per heavy atom. The number of thiophene rings is 2. The summed E-state index contributed by atoms with van der Waals surface area (Å²) in [5, 5.41) is 4.05. The van der Waals surface area contributed by atoms with Crippen molar-refractivity contribution in [2.24, 2.45) is 0 Å². The molecular weight excluding hydrogens is 456 g/mol. The zero-order chi connectivity index (χ0) is 19.9. The summed E-state index contributed by atoms with van der Waals surface area (Å²) in [7, 11) is 0. The first-order valence-electron chi connectivity index (χ1n) is 11.3. The van der Waals surface area contributed by atoms with Crippen LogP contribution in [0, 0.1) is 0 Å². The summed E-state index contributed by atoms with van der Waals surface area (Å²) in [6, 6.07) is 16.0. The molecule has 29 heavy (non-hydrogen) atoms. The van der Waals surface area contributed by atoms with Crippen molar-refractivity contribution in [2.45, 2.75) is 70.6 Å². The number of hydrogen-bond donors (Lipinski definition) is 0. The lowest BCUT2D eigenvalue weighted by molar-refractivity contribution is 0.557. The minimum Gasteiger partial charge on any atom is -0.134 e. The highest BCUT2D eigenvalue weighted by molar-refractivity contribution is 9.09. The SMILES string of the molecule is BrCCCCCCCCCCCCc1ccc2c(c1)sc1c3ccccc3sc21. The lowest BCUT2D eigenvalue weighted by Gasteiger charge is -2.04. The Labute approximate surface area is 191 Å². The van der Waals surface area contributed by atoms with Crippen LogP contribution in [0.5, 0.6) is 0 Å². The van der Waals surface area contributed by atoms with E-state index in [0.717, 1.165) is 0 Å². The molecule has 2 aromatic carbocycles. The molecule has 0 saturated carbocycles. The molecule has 0 radical (unpaired) electrons. The van der Waals surface area contributed by atoms with Crippen molar-refractivity contribution in [3.05, 3.63) is 48.0 Å². The molecule has 0 amide bonds. The summed E-state index contributed by atoms with van der Waals surface area (Å²) in [6.07, 6.45) is 15.2. The van der Waals surface area contributed by atoms with Gasteiger partial charge in [-0.05, 0) is 37.0 Å². The molecule has 0 aliphatic rings. The van der Waals surface area contributed by atoms with Gasteiger partial charge in [-0.25, -0.2) is 0 Å². The first-order chi connectivity index (χ1) is 14.4. The van der Waals surface area contributed by atoms with E-state index in [-0.39, 0.29) is 0 Å². The normalized spacial score (nSPS) is 11.9. The first kappa shape index (κ1) is 21.3. The Kier molecular flexibility index (Phi) is 8.04. The third kappa shape index (κ3) is 5.42. The molecule has 3 heteroatoms. The molecule has 4 rings (SSSR count). The summed E-state index contributed by atoms with van der Waals surface area (Å²) in [4.78, 5) is 0. The fourth-order valence-electron chi connectivity index (χ4n) is 4.24. The zero-order valence-corrected chi connectivity index (χ0v) is 20.4. The van der Waals surface area contributed by atoms with E-state index >= 15 is 0 Å². The Morgan fingerprint density at radius 1 is 0.586 bits per heavy atom. The molecule has 154 valence electrons. The van der Waals surface area contributed by atoms with Crippen molar-refractivity contribution in [2.75, 3.05) is 5.33 Å². The van der Waals surface area contributed by atoms with E-state index in [0.29, 0.717) is 0 Å². The molecule has 0 bridgehead atoms. The van der Waals surface area contributed by atoms with Crippen LogP contribution in [0.3, 0.4) is 0 Å². The topological polar surface area (TPSA) is 0 Å². The quantitative estimate of drug-likeness (QED) is 0.138. The van der Waals surface area contributed by atoms with E-state index in [1.54, 1.807) is 0 Å². The summed E-state index contributed by atoms with van der Waals surface area (Å²) in [5.74, 6) is 0. The van der Waals surface area contributed by atoms with E-state index in [4.69, 9.17) is 0 Å². The molecule has 0 nitrogen and oxygen atoms in total. The van der Waals surface area contributed by atoms with Crippen LogP contribution in [-0.2, 0) is 6.42 Å². The fraction of sp³-hybridized carbons (Fsp3) is 0.462. The molecule has 0 unspecified atom stereocenters. The van der Waals surface area contributed by atoms with Gasteiger partial charge >= 0.3 is 0 Å². The standard InChI is InChI=1S/C26H31BrS2/c27-18-12-8-6-4-2-1-3-5-7-9-13-20-16-17-22-24(19-20)29-25-21-14-10-11-15-23(21)28-26(22)25/h10-11,14-17,19H,1-9,12-13,18H2. The Morgan fingerprint density at radius 2 is 1.17 bits per heavy atom. The van der Waals surface area contributed by atoms with E-state index in [2.05, 4.69) is 58.4 Å². The van der Waals surface area contributed by atoms with Gasteiger partial charge in [-0.1, -0.05) is 97.6 Å². The maximum atomic E-state index is 3.51. The molecule has 0 aliphatic heterocycles. The molecule has 4 aromatic rings. The van der Waals surface area contributed by atoms with Gasteiger partial charge in [-0.2, -0.15) is 0 Å². The van der Waals surface area contributed by atoms with Crippen LogP contribution >= 0.6 is 38.6 Å². The second-order valence-electron chi connectivity index (χ2n) is 8.16. The lowest BCUT2D eigenvalue weighted by Crippen LogP contribution is -1.86. The molecule has 0 fully saturated rings. The summed E-state index contributed by atoms with van der Waals surface area (Å²) in [5.41, 5.74) is 1.52. The van der Waals surface area contributed by atoms with Crippen molar-refractivity contribution in [3.8, 4) is 0 Å². The van der Waals surface area contributed by atoms with Gasteiger partial charge in [0.05, 0.1) is 9.40 Å². The Hall–Kier alpha value is -0.900. The van der Waals surface area contributed by atoms with Crippen LogP contribution in [-0.4, -0.2) is 5.33 Å². The predicted octanol–water partition coefficient (Wildman–Crippen LogP) is 10.1. The van der Waals surface area contributed by atoms with Gasteiger partial charge in [0, 0.05) is 25.5 Å².